The van der Waals surface area contributed by atoms with Gasteiger partial charge in [-0.15, -0.1) is 0 Å². The average Bonchev–Trinajstić information content (AvgIpc) is 2.96. The van der Waals surface area contributed by atoms with Crippen LogP contribution in [-0.4, -0.2) is 96.4 Å². The first-order valence-corrected chi connectivity index (χ1v) is 13.4. The number of halogens is 9. The first-order chi connectivity index (χ1) is 22.6. The minimum absolute atomic E-state index is 0.0420. The van der Waals surface area contributed by atoms with Crippen LogP contribution in [0.3, 0.4) is 0 Å². The lowest BCUT2D eigenvalue weighted by atomic mass is 9.92. The van der Waals surface area contributed by atoms with Crippen molar-refractivity contribution in [1.82, 2.24) is 16.0 Å². The van der Waals surface area contributed by atoms with Crippen molar-refractivity contribution in [2.45, 2.75) is 55.8 Å². The summed E-state index contributed by atoms with van der Waals surface area (Å²) in [7, 11) is 0. The Hall–Kier alpha value is -5.36. The number of carbonyl (C=O) groups is 6. The van der Waals surface area contributed by atoms with E-state index in [-0.39, 0.29) is 25.5 Å². The van der Waals surface area contributed by atoms with Gasteiger partial charge in [-0.1, -0.05) is 30.3 Å². The number of quaternary nitrogens is 1. The van der Waals surface area contributed by atoms with Gasteiger partial charge in [-0.05, 0) is 18.4 Å². The van der Waals surface area contributed by atoms with E-state index in [0.29, 0.717) is 6.42 Å². The largest absolute Gasteiger partial charge is 0.542 e. The summed E-state index contributed by atoms with van der Waals surface area (Å²) < 4.78 is 104. The number of carboxylic acid groups (broad SMARTS) is 3. The molecule has 2 atom stereocenters. The maximum atomic E-state index is 13.5. The minimum atomic E-state index is -5.19. The summed E-state index contributed by atoms with van der Waals surface area (Å²) in [6.45, 7) is -0.815. The van der Waals surface area contributed by atoms with E-state index in [1.54, 1.807) is 0 Å². The second-order valence-corrected chi connectivity index (χ2v) is 9.56. The van der Waals surface area contributed by atoms with Crippen LogP contribution in [0, 0.1) is 0 Å². The molecule has 25 heteroatoms. The molecule has 0 bridgehead atoms. The number of nitrogens with one attached hydrogen (secondary N) is 4. The molecule has 0 heterocycles. The molecular weight excluding hydrogens is 713 g/mol. The molecule has 3 amide bonds. The second-order valence-electron chi connectivity index (χ2n) is 9.56. The van der Waals surface area contributed by atoms with Crippen molar-refractivity contribution < 1.29 is 94.3 Å². The van der Waals surface area contributed by atoms with E-state index in [4.69, 9.17) is 36.4 Å². The molecule has 0 aliphatic carbocycles. The fourth-order valence-electron chi connectivity index (χ4n) is 3.06. The quantitative estimate of drug-likeness (QED) is 0.0385. The highest BCUT2D eigenvalue weighted by atomic mass is 19.4. The van der Waals surface area contributed by atoms with Crippen LogP contribution in [0.25, 0.3) is 0 Å². The molecule has 12 N–H and O–H groups in total. The number of carbonyl (C=O) groups excluding carboxylic acids is 5. The summed E-state index contributed by atoms with van der Waals surface area (Å²) in [4.78, 5) is 68.0. The highest BCUT2D eigenvalue weighted by Crippen LogP contribution is 2.30. The number of hydrogen-bond donors (Lipinski definition) is 8. The molecule has 0 aliphatic heterocycles. The molecule has 1 rings (SSSR count). The van der Waals surface area contributed by atoms with Crippen LogP contribution < -0.4 is 48.4 Å². The molecule has 16 nitrogen and oxygen atoms in total. The zero-order chi connectivity index (χ0) is 39.5. The zero-order valence-corrected chi connectivity index (χ0v) is 25.4. The van der Waals surface area contributed by atoms with Gasteiger partial charge in [-0.2, -0.15) is 39.5 Å². The third-order valence-corrected chi connectivity index (χ3v) is 5.55. The molecule has 0 saturated heterocycles. The van der Waals surface area contributed by atoms with Gasteiger partial charge < -0.3 is 46.6 Å². The lowest BCUT2D eigenvalue weighted by Crippen LogP contribution is -2.85. The van der Waals surface area contributed by atoms with Gasteiger partial charge in [0.1, 0.15) is 18.0 Å². The van der Waals surface area contributed by atoms with Crippen LogP contribution in [0.1, 0.15) is 24.8 Å². The SMILES string of the molecule is NC(N)=[NH+]CCC[C@]([NH3+])(C(=O)NCC(=O)N[C@@H](CC(=O)O)C(=O)NCCc1ccccc1)C(F)(F)F.O=C([O-])C(F)(F)F.O=C([O-])C(F)(F)F. The van der Waals surface area contributed by atoms with Gasteiger partial charge in [0.15, 0.2) is 0 Å². The Morgan fingerprint density at radius 3 is 1.74 bits per heavy atom. The van der Waals surface area contributed by atoms with Crippen LogP contribution in [-0.2, 0) is 35.2 Å². The van der Waals surface area contributed by atoms with Crippen LogP contribution in [0.5, 0.6) is 0 Å². The molecule has 1 aromatic rings. The minimum Gasteiger partial charge on any atom is -0.542 e. The summed E-state index contributed by atoms with van der Waals surface area (Å²) in [5, 5.41) is 33.1. The van der Waals surface area contributed by atoms with Crippen LogP contribution in [0.2, 0.25) is 0 Å². The number of nitrogens with two attached hydrogens (primary N) is 2. The van der Waals surface area contributed by atoms with E-state index in [1.807, 2.05) is 35.6 Å². The number of guanidine groups is 1. The van der Waals surface area contributed by atoms with Crippen LogP contribution >= 0.6 is 0 Å². The fourth-order valence-corrected chi connectivity index (χ4v) is 3.06. The van der Waals surface area contributed by atoms with E-state index in [1.165, 1.54) is 0 Å². The van der Waals surface area contributed by atoms with Crippen molar-refractivity contribution in [3.8, 4) is 0 Å². The topological polar surface area (TPSA) is 299 Å². The molecule has 50 heavy (non-hydrogen) atoms. The van der Waals surface area contributed by atoms with Crippen molar-refractivity contribution in [2.75, 3.05) is 19.6 Å². The predicted octanol–water partition coefficient (Wildman–Crippen LogP) is -5.30. The van der Waals surface area contributed by atoms with Gasteiger partial charge in [0, 0.05) is 13.0 Å². The number of rotatable bonds is 14. The summed E-state index contributed by atoms with van der Waals surface area (Å²) in [6.07, 6.45) is -16.6. The van der Waals surface area contributed by atoms with E-state index < -0.39 is 85.1 Å². The Kier molecular flexibility index (Phi) is 19.5. The van der Waals surface area contributed by atoms with Gasteiger partial charge >= 0.3 is 30.5 Å². The first kappa shape index (κ1) is 46.8. The van der Waals surface area contributed by atoms with Gasteiger partial charge in [0.05, 0.1) is 19.5 Å². The molecular formula is C25H32F9N7O9. The molecule has 0 aromatic heterocycles. The number of benzene rings is 1. The normalized spacial score (nSPS) is 12.9. The van der Waals surface area contributed by atoms with E-state index >= 15 is 0 Å². The summed E-state index contributed by atoms with van der Waals surface area (Å²) >= 11 is 0. The van der Waals surface area contributed by atoms with Gasteiger partial charge in [0.2, 0.25) is 11.8 Å². The van der Waals surface area contributed by atoms with Crippen LogP contribution in [0.4, 0.5) is 39.5 Å². The molecule has 0 fully saturated rings. The Labute approximate surface area is 275 Å². The third kappa shape index (κ3) is 20.1. The molecule has 0 unspecified atom stereocenters. The molecule has 0 spiro atoms. The Morgan fingerprint density at radius 1 is 0.860 bits per heavy atom. The standard InChI is InChI=1S/C21H30F3N7O5.2C2HF3O2/c22-21(23,24)20(27,8-4-9-29-19(25)26)18(36)30-12-15(32)31-14(11-16(33)34)17(35)28-10-7-13-5-2-1-3-6-13;2*3-2(4,5)1(6)7/h1-3,5-6,14H,4,7-12,27H2,(H,28,35)(H,30,36)(H,31,32)(H,33,34)(H4,25,26,29);2*(H,6,7)/t14-,20-;;/m0../s1. The third-order valence-electron chi connectivity index (χ3n) is 5.55. The first-order valence-electron chi connectivity index (χ1n) is 13.4. The van der Waals surface area contributed by atoms with Crippen molar-refractivity contribution in [2.24, 2.45) is 11.5 Å². The maximum Gasteiger partial charge on any atom is 0.453 e. The van der Waals surface area contributed by atoms with Crippen molar-refractivity contribution >= 4 is 41.6 Å². The lowest BCUT2D eigenvalue weighted by molar-refractivity contribution is -0.523. The van der Waals surface area contributed by atoms with Gasteiger partial charge in [-0.25, -0.2) is 0 Å². The van der Waals surface area contributed by atoms with E-state index in [0.717, 1.165) is 5.56 Å². The monoisotopic (exact) mass is 745 g/mol. The van der Waals surface area contributed by atoms with E-state index in [9.17, 15) is 58.7 Å². The summed E-state index contributed by atoms with van der Waals surface area (Å²) in [5.41, 5.74) is 11.2. The van der Waals surface area contributed by atoms with Crippen molar-refractivity contribution in [1.29, 1.82) is 0 Å². The summed E-state index contributed by atoms with van der Waals surface area (Å²) in [5.74, 6) is -11.0. The van der Waals surface area contributed by atoms with Crippen molar-refractivity contribution in [3.63, 3.8) is 0 Å². The van der Waals surface area contributed by atoms with Gasteiger partial charge in [-0.3, -0.25) is 35.6 Å². The molecule has 1 aromatic carbocycles. The number of amides is 3. The van der Waals surface area contributed by atoms with Crippen LogP contribution in [0.15, 0.2) is 30.3 Å². The predicted molar refractivity (Wildman–Crippen MR) is 143 cm³/mol. The van der Waals surface area contributed by atoms with Gasteiger partial charge in [0.25, 0.3) is 11.4 Å². The average molecular weight is 746 g/mol. The number of alkyl halides is 9. The Bertz CT molecular complexity index is 1300. The smallest absolute Gasteiger partial charge is 0.453 e. The second kappa shape index (κ2) is 20.9. The summed E-state index contributed by atoms with van der Waals surface area (Å²) in [6, 6.07) is 7.60. The fraction of sp³-hybridized carbons (Fsp3) is 0.480. The maximum absolute atomic E-state index is 13.5. The van der Waals surface area contributed by atoms with E-state index in [2.05, 4.69) is 21.4 Å². The Balaban J connectivity index is 0. The highest BCUT2D eigenvalue weighted by Gasteiger charge is 2.61. The zero-order valence-electron chi connectivity index (χ0n) is 25.4. The number of hydrogen-bond acceptors (Lipinski definition) is 8. The number of carboxylic acids is 3. The molecule has 0 aliphatic rings. The van der Waals surface area contributed by atoms with Crippen molar-refractivity contribution in [3.05, 3.63) is 35.9 Å². The Morgan fingerprint density at radius 2 is 1.34 bits per heavy atom. The lowest BCUT2D eigenvalue weighted by Gasteiger charge is -2.26. The highest BCUT2D eigenvalue weighted by molar-refractivity contribution is 5.93. The number of aliphatic carboxylic acids is 3. The molecule has 0 saturated carbocycles. The molecule has 0 radical (unpaired) electrons. The molecule has 284 valence electrons.